The van der Waals surface area contributed by atoms with Gasteiger partial charge in [0.2, 0.25) is 0 Å². The van der Waals surface area contributed by atoms with Crippen LogP contribution < -0.4 is 5.32 Å². The maximum Gasteiger partial charge on any atom is 0.303 e. The zero-order chi connectivity index (χ0) is 24.9. The molecule has 180 valence electrons. The van der Waals surface area contributed by atoms with Crippen LogP contribution in [0.3, 0.4) is 0 Å². The van der Waals surface area contributed by atoms with Crippen molar-refractivity contribution < 1.29 is 18.8 Å². The second kappa shape index (κ2) is 19.2. The number of carboxylic acids is 1. The molecule has 0 unspecified atom stereocenters. The van der Waals surface area contributed by atoms with Gasteiger partial charge in [-0.15, -0.1) is 0 Å². The molecule has 0 fully saturated rings. The summed E-state index contributed by atoms with van der Waals surface area (Å²) in [5.74, 6) is -0.430. The molecule has 0 saturated heterocycles. The first kappa shape index (κ1) is 29.5. The van der Waals surface area contributed by atoms with E-state index in [0.717, 1.165) is 24.1 Å². The minimum absolute atomic E-state index is 0.179. The molecule has 0 atom stereocenters. The van der Waals surface area contributed by atoms with E-state index in [1.54, 1.807) is 24.6 Å². The molecule has 7 heteroatoms. The smallest absolute Gasteiger partial charge is 0.303 e. The van der Waals surface area contributed by atoms with Crippen LogP contribution in [0.2, 0.25) is 0 Å². The van der Waals surface area contributed by atoms with Crippen molar-refractivity contribution in [1.29, 1.82) is 0 Å². The van der Waals surface area contributed by atoms with Crippen molar-refractivity contribution in [3.63, 3.8) is 0 Å². The average Bonchev–Trinajstić information content (AvgIpc) is 3.23. The van der Waals surface area contributed by atoms with Gasteiger partial charge in [-0.1, -0.05) is 43.8 Å². The maximum absolute atomic E-state index is 12.8. The molecule has 1 aromatic rings. The van der Waals surface area contributed by atoms with E-state index in [9.17, 15) is 9.18 Å². The van der Waals surface area contributed by atoms with Crippen LogP contribution in [0.5, 0.6) is 0 Å². The van der Waals surface area contributed by atoms with Crippen LogP contribution in [0.15, 0.2) is 82.4 Å². The van der Waals surface area contributed by atoms with Crippen molar-refractivity contribution in [2.75, 3.05) is 6.54 Å². The zero-order valence-corrected chi connectivity index (χ0v) is 20.1. The van der Waals surface area contributed by atoms with E-state index in [4.69, 9.17) is 9.63 Å². The van der Waals surface area contributed by atoms with Crippen molar-refractivity contribution in [2.45, 2.75) is 53.4 Å². The summed E-state index contributed by atoms with van der Waals surface area (Å²) in [6.45, 7) is 11.5. The van der Waals surface area contributed by atoms with Gasteiger partial charge in [-0.2, -0.15) is 0 Å². The lowest BCUT2D eigenvalue weighted by Crippen LogP contribution is -2.10. The fraction of sp³-hybridized carbons (Fsp3) is 0.346. The van der Waals surface area contributed by atoms with Gasteiger partial charge in [0, 0.05) is 42.7 Å². The number of aromatic nitrogens is 1. The first-order valence-corrected chi connectivity index (χ1v) is 11.0. The van der Waals surface area contributed by atoms with Gasteiger partial charge in [0.15, 0.2) is 5.76 Å². The summed E-state index contributed by atoms with van der Waals surface area (Å²) in [6.07, 6.45) is 17.8. The van der Waals surface area contributed by atoms with Crippen LogP contribution in [0.1, 0.15) is 57.9 Å². The highest BCUT2D eigenvalue weighted by atomic mass is 19.1. The molecular formula is C26H36FN3O3. The zero-order valence-electron chi connectivity index (χ0n) is 20.1. The molecule has 0 aliphatic carbocycles. The van der Waals surface area contributed by atoms with E-state index in [0.29, 0.717) is 24.4 Å². The summed E-state index contributed by atoms with van der Waals surface area (Å²) < 4.78 is 18.1. The Morgan fingerprint density at radius 2 is 2.06 bits per heavy atom. The van der Waals surface area contributed by atoms with Crippen LogP contribution in [0.25, 0.3) is 5.57 Å². The van der Waals surface area contributed by atoms with Gasteiger partial charge in [0.1, 0.15) is 0 Å². The molecule has 0 aliphatic heterocycles. The molecule has 0 aliphatic rings. The Morgan fingerprint density at radius 3 is 2.67 bits per heavy atom. The van der Waals surface area contributed by atoms with E-state index in [-0.39, 0.29) is 12.2 Å². The summed E-state index contributed by atoms with van der Waals surface area (Å²) >= 11 is 0. The predicted octanol–water partition coefficient (Wildman–Crippen LogP) is 6.71. The van der Waals surface area contributed by atoms with E-state index in [1.165, 1.54) is 13.0 Å². The molecule has 2 N–H and O–H groups in total. The second-order valence-corrected chi connectivity index (χ2v) is 6.63. The second-order valence-electron chi connectivity index (χ2n) is 6.63. The first-order valence-electron chi connectivity index (χ1n) is 11.0. The normalized spacial score (nSPS) is 12.9. The van der Waals surface area contributed by atoms with E-state index in [1.807, 2.05) is 51.1 Å². The molecule has 0 saturated carbocycles. The summed E-state index contributed by atoms with van der Waals surface area (Å²) in [6, 6.07) is 1.84. The number of carbonyl (C=O) groups is 1. The third-order valence-electron chi connectivity index (χ3n) is 3.88. The molecule has 0 bridgehead atoms. The third kappa shape index (κ3) is 15.9. The Labute approximate surface area is 196 Å². The summed E-state index contributed by atoms with van der Waals surface area (Å²) in [5, 5.41) is 15.7. The standard InChI is InChI=1S/C24H30FN3O3.C2H6/c1-4-22(13-12-19(2)25)27-16-9-7-10-21(23-18-20(3)28-31-23)14-17-26-15-8-5-6-11-24(29)30;1-2/h4,7,9-10,12-15,17-18,27H,1,5-6,8,11,16H2,2-3H3,(H,29,30);1-2H3/b9-7+,17-14+,19-12+,21-10+,22-13+,26-15?;. The number of nitrogens with zero attached hydrogens (tertiary/aromatic N) is 2. The van der Waals surface area contributed by atoms with E-state index >= 15 is 0 Å². The van der Waals surface area contributed by atoms with Gasteiger partial charge in [-0.05, 0) is 57.4 Å². The van der Waals surface area contributed by atoms with Gasteiger partial charge in [0.05, 0.1) is 11.5 Å². The van der Waals surface area contributed by atoms with Crippen molar-refractivity contribution in [1.82, 2.24) is 10.5 Å². The lowest BCUT2D eigenvalue weighted by molar-refractivity contribution is -0.137. The Kier molecular flexibility index (Phi) is 17.2. The maximum atomic E-state index is 12.8. The predicted molar refractivity (Wildman–Crippen MR) is 135 cm³/mol. The van der Waals surface area contributed by atoms with Crippen molar-refractivity contribution in [3.8, 4) is 0 Å². The van der Waals surface area contributed by atoms with Gasteiger partial charge < -0.3 is 14.9 Å². The Morgan fingerprint density at radius 1 is 1.30 bits per heavy atom. The first-order chi connectivity index (χ1) is 15.9. The largest absolute Gasteiger partial charge is 0.481 e. The molecule has 1 rings (SSSR count). The number of hydrogen-bond acceptors (Lipinski definition) is 5. The van der Waals surface area contributed by atoms with E-state index in [2.05, 4.69) is 22.0 Å². The number of unbranched alkanes of at least 4 members (excludes halogenated alkanes) is 2. The lowest BCUT2D eigenvalue weighted by Gasteiger charge is -2.02. The Balaban J connectivity index is 0.00000497. The van der Waals surface area contributed by atoms with Crippen LogP contribution >= 0.6 is 0 Å². The fourth-order valence-electron chi connectivity index (χ4n) is 2.31. The lowest BCUT2D eigenvalue weighted by atomic mass is 10.1. The number of halogens is 1. The number of hydrogen-bond donors (Lipinski definition) is 2. The monoisotopic (exact) mass is 457 g/mol. The van der Waals surface area contributed by atoms with Crippen LogP contribution in [0.4, 0.5) is 4.39 Å². The Hall–Kier alpha value is -3.48. The molecular weight excluding hydrogens is 421 g/mol. The molecule has 0 radical (unpaired) electrons. The highest BCUT2D eigenvalue weighted by Crippen LogP contribution is 2.17. The van der Waals surface area contributed by atoms with Crippen LogP contribution in [-0.4, -0.2) is 29.0 Å². The number of aryl methyl sites for hydroxylation is 1. The number of allylic oxidation sites excluding steroid dienone is 8. The molecule has 0 spiro atoms. The molecule has 1 aromatic heterocycles. The minimum atomic E-state index is -0.777. The molecule has 6 nitrogen and oxygen atoms in total. The summed E-state index contributed by atoms with van der Waals surface area (Å²) in [4.78, 5) is 14.7. The summed E-state index contributed by atoms with van der Waals surface area (Å²) in [7, 11) is 0. The SMILES string of the molecule is C=C/C(=C\C=C(/C)F)NC/C=C/C=C(\C=C\N=CCCCCC(=O)O)c1cc(C)no1.CC. The van der Waals surface area contributed by atoms with Gasteiger partial charge in [0.25, 0.3) is 0 Å². The molecule has 0 aromatic carbocycles. The quantitative estimate of drug-likeness (QED) is 0.184. The number of aliphatic carboxylic acids is 1. The van der Waals surface area contributed by atoms with Crippen LogP contribution in [-0.2, 0) is 4.79 Å². The van der Waals surface area contributed by atoms with Gasteiger partial charge >= 0.3 is 5.97 Å². The highest BCUT2D eigenvalue weighted by molar-refractivity contribution is 5.72. The Bertz CT molecular complexity index is 886. The van der Waals surface area contributed by atoms with E-state index < -0.39 is 5.97 Å². The minimum Gasteiger partial charge on any atom is -0.481 e. The van der Waals surface area contributed by atoms with Crippen molar-refractivity contribution in [2.24, 2.45) is 4.99 Å². The van der Waals surface area contributed by atoms with Gasteiger partial charge in [-0.3, -0.25) is 9.79 Å². The van der Waals surface area contributed by atoms with Crippen molar-refractivity contribution in [3.05, 3.63) is 84.4 Å². The number of nitrogens with one attached hydrogen (secondary N) is 1. The number of rotatable bonds is 14. The number of aliphatic imine (C=N–C) groups is 1. The highest BCUT2D eigenvalue weighted by Gasteiger charge is 2.03. The fourth-order valence-corrected chi connectivity index (χ4v) is 2.31. The topological polar surface area (TPSA) is 87.7 Å². The van der Waals surface area contributed by atoms with Crippen LogP contribution in [0, 0.1) is 6.92 Å². The third-order valence-corrected chi connectivity index (χ3v) is 3.88. The summed E-state index contributed by atoms with van der Waals surface area (Å²) in [5.41, 5.74) is 2.29. The average molecular weight is 458 g/mol. The molecule has 33 heavy (non-hydrogen) atoms. The molecule has 0 amide bonds. The molecule has 1 heterocycles. The van der Waals surface area contributed by atoms with Gasteiger partial charge in [-0.25, -0.2) is 4.39 Å². The number of carboxylic acid groups (broad SMARTS) is 1. The van der Waals surface area contributed by atoms with Crippen molar-refractivity contribution >= 4 is 17.8 Å².